The first-order valence-corrected chi connectivity index (χ1v) is 8.63. The van der Waals surface area contributed by atoms with E-state index in [4.69, 9.17) is 16.7 Å². The van der Waals surface area contributed by atoms with E-state index in [9.17, 15) is 0 Å². The first kappa shape index (κ1) is 15.4. The van der Waals surface area contributed by atoms with Crippen LogP contribution in [-0.4, -0.2) is 27.9 Å². The van der Waals surface area contributed by atoms with E-state index in [0.29, 0.717) is 0 Å². The van der Waals surface area contributed by atoms with Gasteiger partial charge in [0.15, 0.2) is 0 Å². The van der Waals surface area contributed by atoms with Crippen LogP contribution >= 0.6 is 11.6 Å². The summed E-state index contributed by atoms with van der Waals surface area (Å²) >= 11 is 6.04. The lowest BCUT2D eigenvalue weighted by molar-refractivity contribution is 0.627. The van der Waals surface area contributed by atoms with Gasteiger partial charge in [-0.25, -0.2) is 0 Å². The molecule has 24 heavy (non-hydrogen) atoms. The van der Waals surface area contributed by atoms with Gasteiger partial charge >= 0.3 is 0 Å². The van der Waals surface area contributed by atoms with Gasteiger partial charge in [0.1, 0.15) is 0 Å². The quantitative estimate of drug-likeness (QED) is 0.796. The molecule has 1 aromatic carbocycles. The molecule has 122 valence electrons. The lowest BCUT2D eigenvalue weighted by Gasteiger charge is -2.07. The number of halogens is 1. The molecule has 0 aliphatic carbocycles. The molecule has 0 amide bonds. The summed E-state index contributed by atoms with van der Waals surface area (Å²) in [7, 11) is 0. The van der Waals surface area contributed by atoms with Crippen molar-refractivity contribution in [3.8, 4) is 11.3 Å². The molecule has 2 aromatic heterocycles. The van der Waals surface area contributed by atoms with Gasteiger partial charge in [-0.2, -0.15) is 5.10 Å². The molecule has 1 aliphatic rings. The van der Waals surface area contributed by atoms with Gasteiger partial charge in [0, 0.05) is 47.2 Å². The number of nitrogens with one attached hydrogen (secondary N) is 1. The molecule has 0 unspecified atom stereocenters. The van der Waals surface area contributed by atoms with Crippen molar-refractivity contribution < 1.29 is 0 Å². The van der Waals surface area contributed by atoms with Crippen LogP contribution in [0.5, 0.6) is 0 Å². The van der Waals surface area contributed by atoms with Crippen molar-refractivity contribution in [2.75, 3.05) is 13.1 Å². The first-order chi connectivity index (χ1) is 11.8. The third-order valence-electron chi connectivity index (χ3n) is 4.43. The average Bonchev–Trinajstić information content (AvgIpc) is 2.79. The van der Waals surface area contributed by atoms with E-state index in [1.165, 1.54) is 16.8 Å². The van der Waals surface area contributed by atoms with Crippen LogP contribution in [0.2, 0.25) is 5.02 Å². The number of rotatable bonds is 3. The fourth-order valence-corrected chi connectivity index (χ4v) is 3.38. The summed E-state index contributed by atoms with van der Waals surface area (Å²) in [5.74, 6) is 0. The summed E-state index contributed by atoms with van der Waals surface area (Å²) in [4.78, 5) is 4.22. The van der Waals surface area contributed by atoms with Crippen LogP contribution in [0.3, 0.4) is 0 Å². The van der Waals surface area contributed by atoms with Gasteiger partial charge in [0.25, 0.3) is 0 Å². The van der Waals surface area contributed by atoms with Gasteiger partial charge in [-0.05, 0) is 36.7 Å². The number of pyridine rings is 1. The molecule has 3 aromatic rings. The Bertz CT molecular complexity index is 825. The number of fused-ring (bicyclic) bond motifs is 1. The van der Waals surface area contributed by atoms with Crippen molar-refractivity contribution in [2.45, 2.75) is 19.4 Å². The lowest BCUT2D eigenvalue weighted by atomic mass is 10.0. The predicted molar refractivity (Wildman–Crippen MR) is 96.3 cm³/mol. The maximum absolute atomic E-state index is 6.04. The zero-order chi connectivity index (χ0) is 16.4. The van der Waals surface area contributed by atoms with Crippen LogP contribution in [0, 0.1) is 0 Å². The predicted octanol–water partition coefficient (Wildman–Crippen LogP) is 3.34. The van der Waals surface area contributed by atoms with Crippen LogP contribution in [0.4, 0.5) is 0 Å². The van der Waals surface area contributed by atoms with Crippen molar-refractivity contribution in [1.82, 2.24) is 20.1 Å². The van der Waals surface area contributed by atoms with Gasteiger partial charge in [-0.1, -0.05) is 29.8 Å². The molecule has 0 bridgehead atoms. The van der Waals surface area contributed by atoms with Crippen molar-refractivity contribution in [3.05, 3.63) is 70.6 Å². The van der Waals surface area contributed by atoms with Crippen molar-refractivity contribution in [2.24, 2.45) is 0 Å². The summed E-state index contributed by atoms with van der Waals surface area (Å²) in [5, 5.41) is 9.18. The number of benzene rings is 1. The number of nitrogens with zero attached hydrogens (tertiary/aromatic N) is 3. The minimum absolute atomic E-state index is 0.751. The Morgan fingerprint density at radius 2 is 1.92 bits per heavy atom. The molecule has 0 spiro atoms. The summed E-state index contributed by atoms with van der Waals surface area (Å²) in [6.45, 7) is 2.74. The highest BCUT2D eigenvalue weighted by Crippen LogP contribution is 2.28. The van der Waals surface area contributed by atoms with Crippen LogP contribution < -0.4 is 5.32 Å². The molecule has 1 N–H and O–H groups in total. The Labute approximate surface area is 146 Å². The normalized spacial score (nSPS) is 14.2. The second-order valence-corrected chi connectivity index (χ2v) is 6.49. The third-order valence-corrected chi connectivity index (χ3v) is 4.68. The van der Waals surface area contributed by atoms with E-state index >= 15 is 0 Å². The van der Waals surface area contributed by atoms with Crippen molar-refractivity contribution in [3.63, 3.8) is 0 Å². The standard InChI is InChI=1S/C19H19ClN4/c20-16-5-3-15(4-6-16)19-17-7-10-21-11-8-18(17)24(23-19)13-14-2-1-9-22-12-14/h1-6,9,12,21H,7-8,10-11,13H2. The maximum Gasteiger partial charge on any atom is 0.0958 e. The van der Waals surface area contributed by atoms with Crippen molar-refractivity contribution in [1.29, 1.82) is 0 Å². The third kappa shape index (κ3) is 3.07. The molecule has 3 heterocycles. The second-order valence-electron chi connectivity index (χ2n) is 6.05. The van der Waals surface area contributed by atoms with Crippen molar-refractivity contribution >= 4 is 11.6 Å². The maximum atomic E-state index is 6.04. The monoisotopic (exact) mass is 338 g/mol. The molecule has 4 rings (SSSR count). The molecule has 0 fully saturated rings. The summed E-state index contributed by atoms with van der Waals surface area (Å²) < 4.78 is 2.14. The van der Waals surface area contributed by atoms with E-state index in [2.05, 4.69) is 33.2 Å². The van der Waals surface area contributed by atoms with Gasteiger partial charge < -0.3 is 5.32 Å². The Morgan fingerprint density at radius 3 is 2.71 bits per heavy atom. The van der Waals surface area contributed by atoms with Crippen LogP contribution in [0.25, 0.3) is 11.3 Å². The van der Waals surface area contributed by atoms with Gasteiger partial charge in [-0.15, -0.1) is 0 Å². The number of hydrogen-bond donors (Lipinski definition) is 1. The summed E-state index contributed by atoms with van der Waals surface area (Å²) in [6, 6.07) is 12.0. The number of aromatic nitrogens is 3. The first-order valence-electron chi connectivity index (χ1n) is 8.25. The van der Waals surface area contributed by atoms with Crippen LogP contribution in [0.1, 0.15) is 16.8 Å². The van der Waals surface area contributed by atoms with Gasteiger partial charge in [0.05, 0.1) is 12.2 Å². The summed E-state index contributed by atoms with van der Waals surface area (Å²) in [5.41, 5.74) is 6.06. The number of hydrogen-bond acceptors (Lipinski definition) is 3. The molecule has 4 nitrogen and oxygen atoms in total. The minimum atomic E-state index is 0.751. The van der Waals surface area contributed by atoms with E-state index in [1.54, 1.807) is 6.20 Å². The lowest BCUT2D eigenvalue weighted by Crippen LogP contribution is -2.17. The molecule has 0 atom stereocenters. The van der Waals surface area contributed by atoms with Gasteiger partial charge in [-0.3, -0.25) is 9.67 Å². The smallest absolute Gasteiger partial charge is 0.0958 e. The average molecular weight is 339 g/mol. The Balaban J connectivity index is 1.78. The molecule has 1 aliphatic heterocycles. The summed E-state index contributed by atoms with van der Waals surface area (Å²) in [6.07, 6.45) is 5.71. The molecular formula is C19H19ClN4. The topological polar surface area (TPSA) is 42.7 Å². The SMILES string of the molecule is Clc1ccc(-c2nn(Cc3cccnc3)c3c2CCNCC3)cc1. The molecule has 0 saturated carbocycles. The Kier molecular flexibility index (Phi) is 4.32. The highest BCUT2D eigenvalue weighted by molar-refractivity contribution is 6.30. The van der Waals surface area contributed by atoms with E-state index in [0.717, 1.165) is 48.8 Å². The zero-order valence-electron chi connectivity index (χ0n) is 13.4. The molecule has 0 radical (unpaired) electrons. The van der Waals surface area contributed by atoms with E-state index in [-0.39, 0.29) is 0 Å². The largest absolute Gasteiger partial charge is 0.316 e. The van der Waals surface area contributed by atoms with Crippen LogP contribution in [-0.2, 0) is 19.4 Å². The van der Waals surface area contributed by atoms with Crippen LogP contribution in [0.15, 0.2) is 48.8 Å². The van der Waals surface area contributed by atoms with E-state index < -0.39 is 0 Å². The highest BCUT2D eigenvalue weighted by Gasteiger charge is 2.20. The Hall–Kier alpha value is -2.17. The Morgan fingerprint density at radius 1 is 1.08 bits per heavy atom. The van der Waals surface area contributed by atoms with E-state index in [1.807, 2.05) is 24.4 Å². The fourth-order valence-electron chi connectivity index (χ4n) is 3.26. The molecule has 5 heteroatoms. The molecule has 0 saturated heterocycles. The van der Waals surface area contributed by atoms with Gasteiger partial charge in [0.2, 0.25) is 0 Å². The minimum Gasteiger partial charge on any atom is -0.316 e. The fraction of sp³-hybridized carbons (Fsp3) is 0.263. The molecular weight excluding hydrogens is 320 g/mol. The highest BCUT2D eigenvalue weighted by atomic mass is 35.5. The second kappa shape index (κ2) is 6.75. The zero-order valence-corrected chi connectivity index (χ0v) is 14.1.